The lowest BCUT2D eigenvalue weighted by molar-refractivity contribution is 0.112. The second-order valence-electron chi connectivity index (χ2n) is 3.69. The highest BCUT2D eigenvalue weighted by molar-refractivity contribution is 9.10. The van der Waals surface area contributed by atoms with Gasteiger partial charge in [0, 0.05) is 16.1 Å². The molecule has 19 heavy (non-hydrogen) atoms. The van der Waals surface area contributed by atoms with Crippen molar-refractivity contribution in [3.63, 3.8) is 0 Å². The zero-order chi connectivity index (χ0) is 13.8. The van der Waals surface area contributed by atoms with Crippen LogP contribution in [0.3, 0.4) is 0 Å². The molecule has 0 radical (unpaired) electrons. The fourth-order valence-corrected chi connectivity index (χ4v) is 1.84. The molecule has 0 aliphatic carbocycles. The van der Waals surface area contributed by atoms with E-state index >= 15 is 0 Å². The monoisotopic (exact) mass is 319 g/mol. The van der Waals surface area contributed by atoms with Crippen LogP contribution in [-0.2, 0) is 0 Å². The van der Waals surface area contributed by atoms with Crippen molar-refractivity contribution in [3.8, 4) is 17.6 Å². The van der Waals surface area contributed by atoms with Gasteiger partial charge in [-0.15, -0.1) is 0 Å². The molecular weight excluding hydrogens is 313 g/mol. The van der Waals surface area contributed by atoms with E-state index in [1.165, 1.54) is 18.2 Å². The van der Waals surface area contributed by atoms with Gasteiger partial charge in [0.05, 0.1) is 11.6 Å². The van der Waals surface area contributed by atoms with Crippen LogP contribution in [0.2, 0.25) is 0 Å². The number of carbonyl (C=O) groups is 1. The standard InChI is InChI=1S/C14H7BrFNO2/c15-14-2-1-12(5-10(14)8-18)19-13-4-9(7-17)3-11(16)6-13/h1-6,8H. The first-order valence-corrected chi connectivity index (χ1v) is 6.05. The number of aldehydes is 1. The van der Waals surface area contributed by atoms with E-state index in [0.29, 0.717) is 22.1 Å². The lowest BCUT2D eigenvalue weighted by Crippen LogP contribution is -1.90. The Morgan fingerprint density at radius 2 is 2.00 bits per heavy atom. The molecule has 0 unspecified atom stereocenters. The van der Waals surface area contributed by atoms with Crippen molar-refractivity contribution in [3.05, 3.63) is 57.8 Å². The molecule has 0 fully saturated rings. The summed E-state index contributed by atoms with van der Waals surface area (Å²) in [6.07, 6.45) is 0.684. The van der Waals surface area contributed by atoms with Gasteiger partial charge < -0.3 is 4.74 Å². The van der Waals surface area contributed by atoms with E-state index in [2.05, 4.69) is 15.9 Å². The molecule has 0 spiro atoms. The summed E-state index contributed by atoms with van der Waals surface area (Å²) in [6, 6.07) is 10.4. The van der Waals surface area contributed by atoms with Crippen molar-refractivity contribution in [1.82, 2.24) is 0 Å². The molecule has 3 nitrogen and oxygen atoms in total. The van der Waals surface area contributed by atoms with Crippen molar-refractivity contribution in [2.24, 2.45) is 0 Å². The van der Waals surface area contributed by atoms with Gasteiger partial charge in [-0.3, -0.25) is 4.79 Å². The highest BCUT2D eigenvalue weighted by Gasteiger charge is 2.05. The molecule has 0 aliphatic heterocycles. The predicted molar refractivity (Wildman–Crippen MR) is 70.7 cm³/mol. The van der Waals surface area contributed by atoms with Crippen molar-refractivity contribution >= 4 is 22.2 Å². The molecule has 2 aromatic carbocycles. The summed E-state index contributed by atoms with van der Waals surface area (Å²) in [5, 5.41) is 8.75. The minimum absolute atomic E-state index is 0.169. The number of nitriles is 1. The fraction of sp³-hybridized carbons (Fsp3) is 0. The summed E-state index contributed by atoms with van der Waals surface area (Å²) in [6.45, 7) is 0. The highest BCUT2D eigenvalue weighted by Crippen LogP contribution is 2.27. The summed E-state index contributed by atoms with van der Waals surface area (Å²) in [5.41, 5.74) is 0.595. The average Bonchev–Trinajstić information content (AvgIpc) is 2.40. The molecule has 0 N–H and O–H groups in total. The molecule has 0 aromatic heterocycles. The quantitative estimate of drug-likeness (QED) is 0.801. The van der Waals surface area contributed by atoms with Gasteiger partial charge in [-0.05, 0) is 30.3 Å². The topological polar surface area (TPSA) is 50.1 Å². The predicted octanol–water partition coefficient (Wildman–Crippen LogP) is 4.06. The van der Waals surface area contributed by atoms with E-state index in [1.807, 2.05) is 6.07 Å². The highest BCUT2D eigenvalue weighted by atomic mass is 79.9. The van der Waals surface area contributed by atoms with Gasteiger partial charge in [0.15, 0.2) is 6.29 Å². The number of hydrogen-bond acceptors (Lipinski definition) is 3. The first-order chi connectivity index (χ1) is 9.12. The van der Waals surface area contributed by atoms with Crippen molar-refractivity contribution < 1.29 is 13.9 Å². The summed E-state index contributed by atoms with van der Waals surface area (Å²) < 4.78 is 19.3. The summed E-state index contributed by atoms with van der Waals surface area (Å²) in [4.78, 5) is 10.8. The lowest BCUT2D eigenvalue weighted by Gasteiger charge is -2.07. The minimum atomic E-state index is -0.554. The van der Waals surface area contributed by atoms with E-state index in [-0.39, 0.29) is 11.3 Å². The average molecular weight is 320 g/mol. The van der Waals surface area contributed by atoms with Gasteiger partial charge in [-0.25, -0.2) is 4.39 Å². The lowest BCUT2D eigenvalue weighted by atomic mass is 10.2. The van der Waals surface area contributed by atoms with Gasteiger partial charge in [0.25, 0.3) is 0 Å². The number of ether oxygens (including phenoxy) is 1. The summed E-state index contributed by atoms with van der Waals surface area (Å²) in [5.74, 6) is 0.0392. The Kier molecular flexibility index (Phi) is 3.93. The molecule has 0 bridgehead atoms. The van der Waals surface area contributed by atoms with E-state index in [1.54, 1.807) is 12.1 Å². The third-order valence-electron chi connectivity index (χ3n) is 2.33. The SMILES string of the molecule is N#Cc1cc(F)cc(Oc2ccc(Br)c(C=O)c2)c1. The van der Waals surface area contributed by atoms with Crippen molar-refractivity contribution in [1.29, 1.82) is 5.26 Å². The van der Waals surface area contributed by atoms with Gasteiger partial charge in [-0.2, -0.15) is 5.26 Å². The first-order valence-electron chi connectivity index (χ1n) is 5.25. The molecular formula is C14H7BrFNO2. The Morgan fingerprint density at radius 1 is 1.21 bits per heavy atom. The second-order valence-corrected chi connectivity index (χ2v) is 4.54. The van der Waals surface area contributed by atoms with Crippen molar-refractivity contribution in [2.75, 3.05) is 0 Å². The fourth-order valence-electron chi connectivity index (χ4n) is 1.50. The Labute approximate surface area is 117 Å². The van der Waals surface area contributed by atoms with Crippen LogP contribution in [-0.4, -0.2) is 6.29 Å². The maximum Gasteiger partial charge on any atom is 0.151 e. The Balaban J connectivity index is 2.33. The Hall–Kier alpha value is -2.19. The van der Waals surface area contributed by atoms with Crippen LogP contribution in [0.4, 0.5) is 4.39 Å². The molecule has 0 amide bonds. The maximum atomic E-state index is 13.2. The summed E-state index contributed by atoms with van der Waals surface area (Å²) in [7, 11) is 0. The van der Waals surface area contributed by atoms with Gasteiger partial charge in [-0.1, -0.05) is 15.9 Å². The van der Waals surface area contributed by atoms with Gasteiger partial charge in [0.1, 0.15) is 17.3 Å². The zero-order valence-electron chi connectivity index (χ0n) is 9.56. The largest absolute Gasteiger partial charge is 0.457 e. The van der Waals surface area contributed by atoms with E-state index in [4.69, 9.17) is 10.00 Å². The maximum absolute atomic E-state index is 13.2. The molecule has 0 atom stereocenters. The minimum Gasteiger partial charge on any atom is -0.457 e. The molecule has 0 saturated heterocycles. The Morgan fingerprint density at radius 3 is 2.68 bits per heavy atom. The number of hydrogen-bond donors (Lipinski definition) is 0. The molecule has 5 heteroatoms. The zero-order valence-corrected chi connectivity index (χ0v) is 11.1. The smallest absolute Gasteiger partial charge is 0.151 e. The third kappa shape index (κ3) is 3.18. The van der Waals surface area contributed by atoms with Crippen molar-refractivity contribution in [2.45, 2.75) is 0 Å². The van der Waals surface area contributed by atoms with E-state index in [0.717, 1.165) is 6.07 Å². The van der Waals surface area contributed by atoms with Crippen LogP contribution in [0.25, 0.3) is 0 Å². The molecule has 2 rings (SSSR count). The van der Waals surface area contributed by atoms with Crippen LogP contribution < -0.4 is 4.74 Å². The number of carbonyl (C=O) groups excluding carboxylic acids is 1. The molecule has 0 saturated carbocycles. The third-order valence-corrected chi connectivity index (χ3v) is 3.05. The number of halogens is 2. The van der Waals surface area contributed by atoms with Gasteiger partial charge >= 0.3 is 0 Å². The molecule has 0 aliphatic rings. The van der Waals surface area contributed by atoms with E-state index < -0.39 is 5.82 Å². The summed E-state index contributed by atoms with van der Waals surface area (Å²) >= 11 is 3.22. The normalized spacial score (nSPS) is 9.74. The molecule has 0 heterocycles. The van der Waals surface area contributed by atoms with Crippen LogP contribution in [0.15, 0.2) is 40.9 Å². The van der Waals surface area contributed by atoms with Crippen LogP contribution in [0.5, 0.6) is 11.5 Å². The van der Waals surface area contributed by atoms with Crippen LogP contribution >= 0.6 is 15.9 Å². The van der Waals surface area contributed by atoms with Crippen LogP contribution in [0.1, 0.15) is 15.9 Å². The van der Waals surface area contributed by atoms with Gasteiger partial charge in [0.2, 0.25) is 0 Å². The number of nitrogens with zero attached hydrogens (tertiary/aromatic N) is 1. The number of benzene rings is 2. The second kappa shape index (κ2) is 5.63. The Bertz CT molecular complexity index is 680. The first kappa shape index (κ1) is 13.2. The van der Waals surface area contributed by atoms with Crippen LogP contribution in [0, 0.1) is 17.1 Å². The molecule has 2 aromatic rings. The molecule has 94 valence electrons. The van der Waals surface area contributed by atoms with E-state index in [9.17, 15) is 9.18 Å². The number of rotatable bonds is 3.